The first-order chi connectivity index (χ1) is 14.2. The summed E-state index contributed by atoms with van der Waals surface area (Å²) in [7, 11) is 0. The standard InChI is InChI=1S/C26H40N2O2/c1-20(14-15-23-22(3)12-9-17-26(23,4)5)10-8-11-21(2)16-19-28-24(25(29)30)13-6-7-18-27/h8,10-11,14-16,19,24H,6-7,9,12-13,17-18,27H2,1-5H3,(H,29,30)/b11-8+,15-14+,20-10+,21-16+,28-19?/t24-/m0/s1. The minimum Gasteiger partial charge on any atom is -0.480 e. The molecule has 3 N–H and O–H groups in total. The third-order valence-electron chi connectivity index (χ3n) is 5.59. The van der Waals surface area contributed by atoms with Crippen molar-refractivity contribution in [2.45, 2.75) is 79.2 Å². The summed E-state index contributed by atoms with van der Waals surface area (Å²) >= 11 is 0. The van der Waals surface area contributed by atoms with Crippen molar-refractivity contribution in [2.24, 2.45) is 16.1 Å². The maximum absolute atomic E-state index is 11.3. The number of unbranched alkanes of at least 4 members (excludes halogenated alkanes) is 1. The third kappa shape index (κ3) is 9.53. The summed E-state index contributed by atoms with van der Waals surface area (Å²) in [5, 5.41) is 9.24. The van der Waals surface area contributed by atoms with Crippen molar-refractivity contribution in [3.05, 3.63) is 58.7 Å². The Morgan fingerprint density at radius 3 is 2.53 bits per heavy atom. The molecule has 1 aliphatic carbocycles. The smallest absolute Gasteiger partial charge is 0.328 e. The maximum atomic E-state index is 11.3. The van der Waals surface area contributed by atoms with Crippen molar-refractivity contribution in [3.8, 4) is 0 Å². The number of rotatable bonds is 11. The molecule has 1 aliphatic rings. The topological polar surface area (TPSA) is 75.7 Å². The molecule has 0 aliphatic heterocycles. The number of nitrogens with two attached hydrogens (primary N) is 1. The molecule has 0 bridgehead atoms. The lowest BCUT2D eigenvalue weighted by atomic mass is 9.72. The maximum Gasteiger partial charge on any atom is 0.328 e. The normalized spacial score (nSPS) is 19.4. The number of carbonyl (C=O) groups is 1. The Hall–Kier alpha value is -2.20. The van der Waals surface area contributed by atoms with Crippen LogP contribution in [0.4, 0.5) is 0 Å². The molecule has 0 amide bonds. The van der Waals surface area contributed by atoms with Crippen LogP contribution in [0, 0.1) is 5.41 Å². The van der Waals surface area contributed by atoms with Gasteiger partial charge in [0.15, 0.2) is 0 Å². The molecule has 0 radical (unpaired) electrons. The largest absolute Gasteiger partial charge is 0.480 e. The van der Waals surface area contributed by atoms with Crippen molar-refractivity contribution < 1.29 is 9.90 Å². The molecular weight excluding hydrogens is 372 g/mol. The van der Waals surface area contributed by atoms with Gasteiger partial charge < -0.3 is 10.8 Å². The van der Waals surface area contributed by atoms with Gasteiger partial charge in [0.05, 0.1) is 0 Å². The number of carboxylic acid groups (broad SMARTS) is 1. The van der Waals surface area contributed by atoms with Crippen LogP contribution in [0.1, 0.15) is 73.1 Å². The number of hydrogen-bond donors (Lipinski definition) is 2. The van der Waals surface area contributed by atoms with Crippen LogP contribution in [0.15, 0.2) is 63.7 Å². The fraction of sp³-hybridized carbons (Fsp3) is 0.538. The Balaban J connectivity index is 2.67. The van der Waals surface area contributed by atoms with E-state index >= 15 is 0 Å². The summed E-state index contributed by atoms with van der Waals surface area (Å²) in [6, 6.07) is -0.696. The van der Waals surface area contributed by atoms with Crippen LogP contribution in [0.5, 0.6) is 0 Å². The number of nitrogens with zero attached hydrogens (tertiary/aromatic N) is 1. The molecule has 166 valence electrons. The second kappa shape index (κ2) is 13.2. The van der Waals surface area contributed by atoms with Gasteiger partial charge in [-0.3, -0.25) is 4.99 Å². The van der Waals surface area contributed by atoms with Crippen molar-refractivity contribution >= 4 is 12.2 Å². The van der Waals surface area contributed by atoms with E-state index in [-0.39, 0.29) is 5.41 Å². The zero-order valence-electron chi connectivity index (χ0n) is 19.4. The highest BCUT2D eigenvalue weighted by Crippen LogP contribution is 2.40. The SMILES string of the molecule is CC1=C(/C=C/C(C)=C/C=C/C(C)=C/C=N[C@@H](CCCCN)C(=O)O)C(C)(C)CCC1. The first-order valence-corrected chi connectivity index (χ1v) is 11.0. The van der Waals surface area contributed by atoms with E-state index in [0.29, 0.717) is 13.0 Å². The number of allylic oxidation sites excluding steroid dienone is 10. The lowest BCUT2D eigenvalue weighted by Crippen LogP contribution is -2.19. The average Bonchev–Trinajstić information content (AvgIpc) is 2.65. The Morgan fingerprint density at radius 1 is 1.20 bits per heavy atom. The summed E-state index contributed by atoms with van der Waals surface area (Å²) < 4.78 is 0. The highest BCUT2D eigenvalue weighted by molar-refractivity contribution is 5.79. The second-order valence-electron chi connectivity index (χ2n) is 8.88. The molecule has 0 saturated carbocycles. The quantitative estimate of drug-likeness (QED) is 0.242. The molecular formula is C26H40N2O2. The van der Waals surface area contributed by atoms with E-state index in [0.717, 1.165) is 18.4 Å². The van der Waals surface area contributed by atoms with Crippen molar-refractivity contribution in [1.82, 2.24) is 0 Å². The van der Waals surface area contributed by atoms with Crippen LogP contribution < -0.4 is 5.73 Å². The number of aliphatic carboxylic acids is 1. The van der Waals surface area contributed by atoms with Gasteiger partial charge in [0, 0.05) is 6.21 Å². The molecule has 4 nitrogen and oxygen atoms in total. The van der Waals surface area contributed by atoms with Crippen LogP contribution in [0.25, 0.3) is 0 Å². The molecule has 0 unspecified atom stereocenters. The van der Waals surface area contributed by atoms with Crippen LogP contribution in [0.2, 0.25) is 0 Å². The number of carboxylic acids is 1. The van der Waals surface area contributed by atoms with Gasteiger partial charge in [0.1, 0.15) is 6.04 Å². The van der Waals surface area contributed by atoms with E-state index in [2.05, 4.69) is 50.9 Å². The molecule has 4 heteroatoms. The van der Waals surface area contributed by atoms with Crippen LogP contribution in [0.3, 0.4) is 0 Å². The highest BCUT2D eigenvalue weighted by atomic mass is 16.4. The van der Waals surface area contributed by atoms with Crippen LogP contribution >= 0.6 is 0 Å². The van der Waals surface area contributed by atoms with Gasteiger partial charge in [-0.2, -0.15) is 0 Å². The van der Waals surface area contributed by atoms with Gasteiger partial charge in [-0.05, 0) is 88.5 Å². The minimum absolute atomic E-state index is 0.256. The van der Waals surface area contributed by atoms with Crippen molar-refractivity contribution in [1.29, 1.82) is 0 Å². The molecule has 1 atom stereocenters. The fourth-order valence-electron chi connectivity index (χ4n) is 3.70. The first-order valence-electron chi connectivity index (χ1n) is 11.0. The Kier molecular flexibility index (Phi) is 11.3. The molecule has 30 heavy (non-hydrogen) atoms. The zero-order chi connectivity index (χ0) is 22.6. The van der Waals surface area contributed by atoms with Gasteiger partial charge in [0.25, 0.3) is 0 Å². The summed E-state index contributed by atoms with van der Waals surface area (Å²) in [5.41, 5.74) is 10.9. The molecule has 0 spiro atoms. The van der Waals surface area contributed by atoms with E-state index in [1.54, 1.807) is 6.21 Å². The zero-order valence-corrected chi connectivity index (χ0v) is 19.4. The molecule has 0 aromatic rings. The summed E-state index contributed by atoms with van der Waals surface area (Å²) in [6.45, 7) is 11.6. The average molecular weight is 413 g/mol. The predicted molar refractivity (Wildman–Crippen MR) is 129 cm³/mol. The Labute approximate surface area is 183 Å². The molecule has 0 heterocycles. The van der Waals surface area contributed by atoms with E-state index in [1.807, 2.05) is 25.2 Å². The summed E-state index contributed by atoms with van der Waals surface area (Å²) in [4.78, 5) is 15.4. The molecule has 0 fully saturated rings. The highest BCUT2D eigenvalue weighted by Gasteiger charge is 2.26. The lowest BCUT2D eigenvalue weighted by molar-refractivity contribution is -0.138. The molecule has 0 aromatic heterocycles. The van der Waals surface area contributed by atoms with Gasteiger partial charge in [0.2, 0.25) is 0 Å². The fourth-order valence-corrected chi connectivity index (χ4v) is 3.70. The predicted octanol–water partition coefficient (Wildman–Crippen LogP) is 6.17. The first kappa shape index (κ1) is 25.8. The van der Waals surface area contributed by atoms with Crippen molar-refractivity contribution in [2.75, 3.05) is 6.54 Å². The Bertz CT molecular complexity index is 749. The van der Waals surface area contributed by atoms with Crippen LogP contribution in [-0.2, 0) is 4.79 Å². The summed E-state index contributed by atoms with van der Waals surface area (Å²) in [5.74, 6) is -0.887. The summed E-state index contributed by atoms with van der Waals surface area (Å²) in [6.07, 6.45) is 19.9. The lowest BCUT2D eigenvalue weighted by Gasteiger charge is -2.32. The second-order valence-corrected chi connectivity index (χ2v) is 8.88. The molecule has 1 rings (SSSR count). The van der Waals surface area contributed by atoms with Crippen LogP contribution in [-0.4, -0.2) is 29.9 Å². The van der Waals surface area contributed by atoms with Gasteiger partial charge >= 0.3 is 5.97 Å². The third-order valence-corrected chi connectivity index (χ3v) is 5.59. The van der Waals surface area contributed by atoms with E-state index in [9.17, 15) is 9.90 Å². The van der Waals surface area contributed by atoms with Gasteiger partial charge in [-0.15, -0.1) is 0 Å². The van der Waals surface area contributed by atoms with E-state index in [1.165, 1.54) is 36.0 Å². The monoisotopic (exact) mass is 412 g/mol. The van der Waals surface area contributed by atoms with Gasteiger partial charge in [-0.25, -0.2) is 4.79 Å². The van der Waals surface area contributed by atoms with Gasteiger partial charge in [-0.1, -0.05) is 55.4 Å². The van der Waals surface area contributed by atoms with Crippen molar-refractivity contribution in [3.63, 3.8) is 0 Å². The van der Waals surface area contributed by atoms with E-state index < -0.39 is 12.0 Å². The molecule has 0 aromatic carbocycles. The number of aliphatic imine (C=N–C) groups is 1. The molecule has 0 saturated heterocycles. The van der Waals surface area contributed by atoms with E-state index in [4.69, 9.17) is 5.73 Å². The Morgan fingerprint density at radius 2 is 1.90 bits per heavy atom. The number of hydrogen-bond acceptors (Lipinski definition) is 3. The minimum atomic E-state index is -0.887.